The summed E-state index contributed by atoms with van der Waals surface area (Å²) >= 11 is 0. The first-order valence-corrected chi connectivity index (χ1v) is 5.92. The maximum Gasteiger partial charge on any atom is 0.323 e. The number of ether oxygens (including phenoxy) is 1. The molecule has 1 aliphatic heterocycles. The number of nitrogens with one attached hydrogen (secondary N) is 2. The van der Waals surface area contributed by atoms with E-state index in [9.17, 15) is 14.4 Å². The van der Waals surface area contributed by atoms with Crippen molar-refractivity contribution >= 4 is 17.8 Å². The maximum atomic E-state index is 11.6. The van der Waals surface area contributed by atoms with E-state index in [4.69, 9.17) is 4.74 Å². The van der Waals surface area contributed by atoms with E-state index in [2.05, 4.69) is 10.9 Å². The molecule has 2 amide bonds. The Morgan fingerprint density at radius 2 is 2.00 bits per heavy atom. The SMILES string of the molecule is COC(=O)C1CCCCN1CC(=O)NNC(C)=O. The van der Waals surface area contributed by atoms with Gasteiger partial charge >= 0.3 is 5.97 Å². The summed E-state index contributed by atoms with van der Waals surface area (Å²) in [6.45, 7) is 2.05. The summed E-state index contributed by atoms with van der Waals surface area (Å²) in [5, 5.41) is 0. The van der Waals surface area contributed by atoms with Crippen molar-refractivity contribution in [3.8, 4) is 0 Å². The van der Waals surface area contributed by atoms with Crippen molar-refractivity contribution in [1.29, 1.82) is 0 Å². The van der Waals surface area contributed by atoms with Crippen LogP contribution >= 0.6 is 0 Å². The van der Waals surface area contributed by atoms with E-state index in [1.165, 1.54) is 14.0 Å². The summed E-state index contributed by atoms with van der Waals surface area (Å²) < 4.78 is 4.72. The number of nitrogens with zero attached hydrogens (tertiary/aromatic N) is 1. The molecule has 1 rings (SSSR count). The minimum Gasteiger partial charge on any atom is -0.468 e. The van der Waals surface area contributed by atoms with E-state index in [1.54, 1.807) is 4.90 Å². The van der Waals surface area contributed by atoms with Crippen molar-refractivity contribution in [2.24, 2.45) is 0 Å². The average Bonchev–Trinajstić information content (AvgIpc) is 2.36. The normalized spacial score (nSPS) is 20.0. The van der Waals surface area contributed by atoms with Crippen molar-refractivity contribution in [2.45, 2.75) is 32.2 Å². The van der Waals surface area contributed by atoms with Gasteiger partial charge in [0.25, 0.3) is 5.91 Å². The highest BCUT2D eigenvalue weighted by molar-refractivity contribution is 5.83. The van der Waals surface area contributed by atoms with Gasteiger partial charge in [0, 0.05) is 6.92 Å². The smallest absolute Gasteiger partial charge is 0.323 e. The summed E-state index contributed by atoms with van der Waals surface area (Å²) in [6.07, 6.45) is 2.59. The number of esters is 1. The van der Waals surface area contributed by atoms with Gasteiger partial charge in [-0.15, -0.1) is 0 Å². The van der Waals surface area contributed by atoms with Gasteiger partial charge < -0.3 is 4.74 Å². The lowest BCUT2D eigenvalue weighted by atomic mass is 10.0. The number of amides is 2. The van der Waals surface area contributed by atoms with Crippen LogP contribution in [0.5, 0.6) is 0 Å². The van der Waals surface area contributed by atoms with Gasteiger partial charge in [-0.05, 0) is 19.4 Å². The van der Waals surface area contributed by atoms with Crippen LogP contribution in [0.25, 0.3) is 0 Å². The molecular weight excluding hydrogens is 238 g/mol. The zero-order chi connectivity index (χ0) is 13.5. The molecule has 1 heterocycles. The predicted molar refractivity (Wildman–Crippen MR) is 63.2 cm³/mol. The lowest BCUT2D eigenvalue weighted by Gasteiger charge is -2.32. The van der Waals surface area contributed by atoms with Gasteiger partial charge in [-0.25, -0.2) is 0 Å². The number of carbonyl (C=O) groups excluding carboxylic acids is 3. The van der Waals surface area contributed by atoms with E-state index in [0.29, 0.717) is 13.0 Å². The highest BCUT2D eigenvalue weighted by Crippen LogP contribution is 2.17. The molecule has 18 heavy (non-hydrogen) atoms. The third-order valence-electron chi connectivity index (χ3n) is 2.81. The van der Waals surface area contributed by atoms with Crippen LogP contribution in [-0.4, -0.2) is 48.9 Å². The monoisotopic (exact) mass is 257 g/mol. The van der Waals surface area contributed by atoms with Crippen LogP contribution in [0.15, 0.2) is 0 Å². The number of methoxy groups -OCH3 is 1. The third kappa shape index (κ3) is 4.33. The first-order chi connectivity index (χ1) is 8.54. The molecule has 102 valence electrons. The largest absolute Gasteiger partial charge is 0.468 e. The fraction of sp³-hybridized carbons (Fsp3) is 0.727. The lowest BCUT2D eigenvalue weighted by molar-refractivity contribution is -0.149. The molecule has 1 atom stereocenters. The number of piperidine rings is 1. The fourth-order valence-corrected chi connectivity index (χ4v) is 1.96. The van der Waals surface area contributed by atoms with Crippen molar-refractivity contribution in [1.82, 2.24) is 15.8 Å². The number of hydrazine groups is 1. The van der Waals surface area contributed by atoms with E-state index in [0.717, 1.165) is 12.8 Å². The standard InChI is InChI=1S/C11H19N3O4/c1-8(15)12-13-10(16)7-14-6-4-3-5-9(14)11(17)18-2/h9H,3-7H2,1-2H3,(H,12,15)(H,13,16). The molecule has 0 radical (unpaired) electrons. The molecule has 0 saturated carbocycles. The molecule has 0 aromatic carbocycles. The Balaban J connectivity index is 2.48. The fourth-order valence-electron chi connectivity index (χ4n) is 1.96. The molecule has 2 N–H and O–H groups in total. The van der Waals surface area contributed by atoms with Crippen LogP contribution in [0.3, 0.4) is 0 Å². The molecule has 1 aliphatic rings. The van der Waals surface area contributed by atoms with Gasteiger partial charge in [-0.1, -0.05) is 6.42 Å². The zero-order valence-electron chi connectivity index (χ0n) is 10.7. The van der Waals surface area contributed by atoms with E-state index in [1.807, 2.05) is 0 Å². The highest BCUT2D eigenvalue weighted by Gasteiger charge is 2.30. The van der Waals surface area contributed by atoms with Gasteiger partial charge in [0.1, 0.15) is 6.04 Å². The highest BCUT2D eigenvalue weighted by atomic mass is 16.5. The van der Waals surface area contributed by atoms with Gasteiger partial charge in [0.15, 0.2) is 0 Å². The second-order valence-corrected chi connectivity index (χ2v) is 4.23. The van der Waals surface area contributed by atoms with E-state index < -0.39 is 0 Å². The first-order valence-electron chi connectivity index (χ1n) is 5.92. The van der Waals surface area contributed by atoms with Gasteiger partial charge in [0.2, 0.25) is 5.91 Å². The second kappa shape index (κ2) is 6.95. The molecular formula is C11H19N3O4. The van der Waals surface area contributed by atoms with Crippen LogP contribution in [0.4, 0.5) is 0 Å². The Morgan fingerprint density at radius 3 is 2.61 bits per heavy atom. The van der Waals surface area contributed by atoms with E-state index in [-0.39, 0.29) is 30.4 Å². The Morgan fingerprint density at radius 1 is 1.28 bits per heavy atom. The molecule has 0 aromatic heterocycles. The molecule has 7 nitrogen and oxygen atoms in total. The van der Waals surface area contributed by atoms with Crippen LogP contribution in [0, 0.1) is 0 Å². The van der Waals surface area contributed by atoms with Gasteiger partial charge in [0.05, 0.1) is 13.7 Å². The molecule has 1 unspecified atom stereocenters. The first kappa shape index (κ1) is 14.4. The molecule has 0 bridgehead atoms. The molecule has 0 spiro atoms. The number of rotatable bonds is 3. The summed E-state index contributed by atoms with van der Waals surface area (Å²) in [7, 11) is 1.34. The van der Waals surface area contributed by atoms with Crippen molar-refractivity contribution in [2.75, 3.05) is 20.2 Å². The molecule has 0 aromatic rings. The second-order valence-electron chi connectivity index (χ2n) is 4.23. The molecule has 1 fully saturated rings. The Kier molecular flexibility index (Phi) is 5.57. The molecule has 7 heteroatoms. The van der Waals surface area contributed by atoms with Crippen molar-refractivity contribution in [3.05, 3.63) is 0 Å². The van der Waals surface area contributed by atoms with Crippen LogP contribution < -0.4 is 10.9 Å². The van der Waals surface area contributed by atoms with Gasteiger partial charge in [-0.2, -0.15) is 0 Å². The average molecular weight is 257 g/mol. The maximum absolute atomic E-state index is 11.6. The van der Waals surface area contributed by atoms with Crippen LogP contribution in [0.2, 0.25) is 0 Å². The number of hydrogen-bond donors (Lipinski definition) is 2. The minimum absolute atomic E-state index is 0.0695. The predicted octanol–water partition coefficient (Wildman–Crippen LogP) is -0.819. The topological polar surface area (TPSA) is 87.7 Å². The molecule has 0 aliphatic carbocycles. The number of likely N-dealkylation sites (tertiary alicyclic amines) is 1. The molecule has 1 saturated heterocycles. The Bertz CT molecular complexity index is 332. The van der Waals surface area contributed by atoms with Crippen LogP contribution in [0.1, 0.15) is 26.2 Å². The summed E-state index contributed by atoms with van der Waals surface area (Å²) in [5.74, 6) is -1.01. The Hall–Kier alpha value is -1.63. The summed E-state index contributed by atoms with van der Waals surface area (Å²) in [4.78, 5) is 35.5. The third-order valence-corrected chi connectivity index (χ3v) is 2.81. The van der Waals surface area contributed by atoms with Crippen molar-refractivity contribution in [3.63, 3.8) is 0 Å². The quantitative estimate of drug-likeness (QED) is 0.509. The summed E-state index contributed by atoms with van der Waals surface area (Å²) in [6, 6.07) is -0.369. The van der Waals surface area contributed by atoms with E-state index >= 15 is 0 Å². The number of carbonyl (C=O) groups is 3. The Labute approximate surface area is 106 Å². The zero-order valence-corrected chi connectivity index (χ0v) is 10.7. The van der Waals surface area contributed by atoms with Crippen molar-refractivity contribution < 1.29 is 19.1 Å². The van der Waals surface area contributed by atoms with Gasteiger partial charge in [-0.3, -0.25) is 30.1 Å². The number of hydrogen-bond acceptors (Lipinski definition) is 5. The van der Waals surface area contributed by atoms with Crippen LogP contribution in [-0.2, 0) is 19.1 Å². The lowest BCUT2D eigenvalue weighted by Crippen LogP contribution is -2.51. The summed E-state index contributed by atoms with van der Waals surface area (Å²) in [5.41, 5.74) is 4.49. The minimum atomic E-state index is -0.369.